The Kier molecular flexibility index (Phi) is 10.6. The van der Waals surface area contributed by atoms with Crippen LogP contribution in [0.25, 0.3) is 0 Å². The molecule has 0 radical (unpaired) electrons. The van der Waals surface area contributed by atoms with Crippen LogP contribution in [0.1, 0.15) is 51.0 Å². The number of methoxy groups -OCH3 is 1. The maximum atomic E-state index is 14.1. The van der Waals surface area contributed by atoms with E-state index < -0.39 is 0 Å². The highest BCUT2D eigenvalue weighted by Crippen LogP contribution is 2.49. The van der Waals surface area contributed by atoms with Crippen LogP contribution in [0.5, 0.6) is 0 Å². The Morgan fingerprint density at radius 2 is 1.96 bits per heavy atom. The molecular weight excluding hydrogens is 460 g/mol. The van der Waals surface area contributed by atoms with E-state index in [-0.39, 0.29) is 41.2 Å². The minimum absolute atomic E-state index is 0. The fourth-order valence-corrected chi connectivity index (χ4v) is 3.01. The van der Waals surface area contributed by atoms with Gasteiger partial charge >= 0.3 is 5.97 Å². The first-order valence-electron chi connectivity index (χ1n) is 9.45. The van der Waals surface area contributed by atoms with Gasteiger partial charge in [0.1, 0.15) is 5.82 Å². The van der Waals surface area contributed by atoms with E-state index in [1.165, 1.54) is 13.2 Å². The fraction of sp³-hybridized carbons (Fsp3) is 0.600. The zero-order chi connectivity index (χ0) is 18.8. The van der Waals surface area contributed by atoms with Gasteiger partial charge in [0.05, 0.1) is 13.7 Å². The Hall–Kier alpha value is -1.38. The predicted octanol–water partition coefficient (Wildman–Crippen LogP) is 3.76. The molecule has 0 atom stereocenters. The number of nitrogens with one attached hydrogen (secondary N) is 2. The summed E-state index contributed by atoms with van der Waals surface area (Å²) < 4.78 is 18.7. The first-order valence-corrected chi connectivity index (χ1v) is 9.45. The zero-order valence-corrected chi connectivity index (χ0v) is 18.6. The van der Waals surface area contributed by atoms with E-state index in [2.05, 4.69) is 20.4 Å². The molecule has 5 nitrogen and oxygen atoms in total. The average Bonchev–Trinajstić information content (AvgIpc) is 3.43. The second kappa shape index (κ2) is 12.2. The third-order valence-electron chi connectivity index (χ3n) is 4.76. The minimum atomic E-state index is -0.157. The van der Waals surface area contributed by atoms with Crippen LogP contribution in [0.3, 0.4) is 0 Å². The van der Waals surface area contributed by atoms with Crippen molar-refractivity contribution in [1.82, 2.24) is 10.6 Å². The van der Waals surface area contributed by atoms with Crippen LogP contribution >= 0.6 is 24.0 Å². The number of halogens is 2. The van der Waals surface area contributed by atoms with E-state index >= 15 is 0 Å². The van der Waals surface area contributed by atoms with Gasteiger partial charge in [0, 0.05) is 24.9 Å². The van der Waals surface area contributed by atoms with Crippen molar-refractivity contribution in [3.8, 4) is 0 Å². The number of esters is 1. The van der Waals surface area contributed by atoms with Crippen molar-refractivity contribution in [3.63, 3.8) is 0 Å². The summed E-state index contributed by atoms with van der Waals surface area (Å²) in [6.07, 6.45) is 5.17. The highest BCUT2D eigenvalue weighted by Gasteiger charge is 2.45. The monoisotopic (exact) mass is 491 g/mol. The molecule has 0 unspecified atom stereocenters. The van der Waals surface area contributed by atoms with Crippen LogP contribution in [0.2, 0.25) is 0 Å². The number of carbonyl (C=O) groups is 1. The topological polar surface area (TPSA) is 62.7 Å². The molecule has 0 heterocycles. The van der Waals surface area contributed by atoms with Crippen LogP contribution in [-0.2, 0) is 14.9 Å². The molecule has 1 aromatic carbocycles. The predicted molar refractivity (Wildman–Crippen MR) is 117 cm³/mol. The van der Waals surface area contributed by atoms with E-state index in [9.17, 15) is 9.18 Å². The van der Waals surface area contributed by atoms with Gasteiger partial charge in [0.25, 0.3) is 0 Å². The lowest BCUT2D eigenvalue weighted by Crippen LogP contribution is -2.38. The van der Waals surface area contributed by atoms with E-state index in [4.69, 9.17) is 0 Å². The van der Waals surface area contributed by atoms with E-state index in [0.717, 1.165) is 56.7 Å². The molecular formula is C20H31FIN3O2. The van der Waals surface area contributed by atoms with Crippen LogP contribution < -0.4 is 10.6 Å². The Balaban J connectivity index is 0.00000364. The van der Waals surface area contributed by atoms with Crippen molar-refractivity contribution in [1.29, 1.82) is 0 Å². The molecule has 0 bridgehead atoms. The summed E-state index contributed by atoms with van der Waals surface area (Å²) in [5.41, 5.74) is 0.635. The van der Waals surface area contributed by atoms with Crippen molar-refractivity contribution < 1.29 is 13.9 Å². The van der Waals surface area contributed by atoms with Gasteiger partial charge in [-0.1, -0.05) is 24.6 Å². The van der Waals surface area contributed by atoms with Gasteiger partial charge < -0.3 is 15.4 Å². The van der Waals surface area contributed by atoms with Gasteiger partial charge in [-0.25, -0.2) is 4.39 Å². The number of hydrogen-bond donors (Lipinski definition) is 2. The van der Waals surface area contributed by atoms with Gasteiger partial charge in [0.15, 0.2) is 5.96 Å². The Bertz CT molecular complexity index is 621. The normalized spacial score (nSPS) is 14.9. The summed E-state index contributed by atoms with van der Waals surface area (Å²) in [7, 11) is 1.41. The maximum Gasteiger partial charge on any atom is 0.305 e. The number of guanidine groups is 1. The molecule has 0 aliphatic heterocycles. The van der Waals surface area contributed by atoms with Gasteiger partial charge in [0.2, 0.25) is 0 Å². The van der Waals surface area contributed by atoms with Gasteiger partial charge in [-0.05, 0) is 44.2 Å². The molecule has 1 fully saturated rings. The molecule has 0 aromatic heterocycles. The maximum absolute atomic E-state index is 14.1. The summed E-state index contributed by atoms with van der Waals surface area (Å²) in [5.74, 6) is 0.475. The molecule has 1 aliphatic rings. The number of unbranched alkanes of at least 4 members (excludes halogenated alkanes) is 2. The lowest BCUT2D eigenvalue weighted by molar-refractivity contribution is -0.140. The van der Waals surface area contributed by atoms with Crippen molar-refractivity contribution in [2.45, 2.75) is 50.9 Å². The molecule has 1 saturated carbocycles. The second-order valence-corrected chi connectivity index (χ2v) is 6.77. The molecule has 0 amide bonds. The lowest BCUT2D eigenvalue weighted by atomic mass is 9.95. The number of aliphatic imine (C=N–C) groups is 1. The van der Waals surface area contributed by atoms with Crippen molar-refractivity contribution in [3.05, 3.63) is 35.6 Å². The molecule has 2 N–H and O–H groups in total. The number of benzene rings is 1. The number of rotatable bonds is 10. The van der Waals surface area contributed by atoms with E-state index in [0.29, 0.717) is 13.0 Å². The zero-order valence-electron chi connectivity index (χ0n) is 16.2. The average molecular weight is 491 g/mol. The van der Waals surface area contributed by atoms with Gasteiger partial charge in [-0.2, -0.15) is 0 Å². The Labute approximate surface area is 178 Å². The lowest BCUT2D eigenvalue weighted by Gasteiger charge is -2.16. The number of carbonyl (C=O) groups excluding carboxylic acids is 1. The van der Waals surface area contributed by atoms with Crippen molar-refractivity contribution >= 4 is 35.9 Å². The SMILES string of the molecule is CCNC(=NCC1(c2ccccc2F)CC1)NCCCCCC(=O)OC.I. The summed E-state index contributed by atoms with van der Waals surface area (Å²) in [6.45, 7) is 4.18. The quantitative estimate of drug-likeness (QED) is 0.172. The second-order valence-electron chi connectivity index (χ2n) is 6.77. The molecule has 27 heavy (non-hydrogen) atoms. The first kappa shape index (κ1) is 23.7. The molecule has 2 rings (SSSR count). The summed E-state index contributed by atoms with van der Waals surface area (Å²) in [4.78, 5) is 15.7. The van der Waals surface area contributed by atoms with Crippen molar-refractivity contribution in [2.24, 2.45) is 4.99 Å². The highest BCUT2D eigenvalue weighted by atomic mass is 127. The third-order valence-corrected chi connectivity index (χ3v) is 4.76. The Morgan fingerprint density at radius 1 is 1.22 bits per heavy atom. The van der Waals surface area contributed by atoms with Crippen LogP contribution in [0.15, 0.2) is 29.3 Å². The smallest absolute Gasteiger partial charge is 0.305 e. The molecule has 1 aromatic rings. The molecule has 152 valence electrons. The van der Waals surface area contributed by atoms with Crippen LogP contribution in [0.4, 0.5) is 4.39 Å². The summed E-state index contributed by atoms with van der Waals surface area (Å²) >= 11 is 0. The summed E-state index contributed by atoms with van der Waals surface area (Å²) in [5, 5.41) is 6.56. The third kappa shape index (κ3) is 7.63. The van der Waals surface area contributed by atoms with Crippen LogP contribution in [-0.4, -0.2) is 38.7 Å². The fourth-order valence-electron chi connectivity index (χ4n) is 3.01. The van der Waals surface area contributed by atoms with E-state index in [1.54, 1.807) is 6.07 Å². The van der Waals surface area contributed by atoms with E-state index in [1.807, 2.05) is 19.1 Å². The largest absolute Gasteiger partial charge is 0.469 e. The molecule has 0 saturated heterocycles. The van der Waals surface area contributed by atoms with Crippen LogP contribution in [0, 0.1) is 5.82 Å². The van der Waals surface area contributed by atoms with Crippen molar-refractivity contribution in [2.75, 3.05) is 26.7 Å². The number of ether oxygens (including phenoxy) is 1. The van der Waals surface area contributed by atoms with Gasteiger partial charge in [-0.15, -0.1) is 24.0 Å². The number of nitrogens with zero attached hydrogens (tertiary/aromatic N) is 1. The minimum Gasteiger partial charge on any atom is -0.469 e. The number of hydrogen-bond acceptors (Lipinski definition) is 3. The standard InChI is InChI=1S/C20H30FN3O2.HI/c1-3-22-19(23-14-8-4-5-11-18(25)26-2)24-15-20(12-13-20)16-9-6-7-10-17(16)21;/h6-7,9-10H,3-5,8,11-15H2,1-2H3,(H2,22,23,24);1H. The molecule has 0 spiro atoms. The molecule has 1 aliphatic carbocycles. The first-order chi connectivity index (χ1) is 12.6. The highest BCUT2D eigenvalue weighted by molar-refractivity contribution is 14.0. The Morgan fingerprint density at radius 3 is 2.59 bits per heavy atom. The molecule has 7 heteroatoms. The van der Waals surface area contributed by atoms with Gasteiger partial charge in [-0.3, -0.25) is 9.79 Å². The summed E-state index contributed by atoms with van der Waals surface area (Å²) in [6, 6.07) is 7.01.